The number of nitrogens with zero attached hydrogens (tertiary/aromatic N) is 4. The number of aliphatic carboxylic acids is 1. The van der Waals surface area contributed by atoms with Gasteiger partial charge in [-0.1, -0.05) is 12.1 Å². The van der Waals surface area contributed by atoms with E-state index >= 15 is 0 Å². The molecule has 0 saturated carbocycles. The quantitative estimate of drug-likeness (QED) is 0.891. The Kier molecular flexibility index (Phi) is 3.48. The first-order chi connectivity index (χ1) is 10.5. The van der Waals surface area contributed by atoms with Crippen molar-refractivity contribution in [3.05, 3.63) is 35.7 Å². The highest BCUT2D eigenvalue weighted by molar-refractivity contribution is 5.72. The molecule has 2 heterocycles. The molecule has 2 aromatic rings. The van der Waals surface area contributed by atoms with Gasteiger partial charge in [0.25, 0.3) is 0 Å². The second-order valence-electron chi connectivity index (χ2n) is 5.75. The van der Waals surface area contributed by atoms with Gasteiger partial charge in [-0.25, -0.2) is 9.48 Å². The molecule has 7 nitrogen and oxygen atoms in total. The summed E-state index contributed by atoms with van der Waals surface area (Å²) in [5, 5.41) is 13.4. The van der Waals surface area contributed by atoms with Gasteiger partial charge in [-0.3, -0.25) is 0 Å². The van der Waals surface area contributed by atoms with Crippen molar-refractivity contribution in [3.8, 4) is 0 Å². The third-order valence-electron chi connectivity index (χ3n) is 4.08. The number of rotatable bonds is 3. The van der Waals surface area contributed by atoms with E-state index in [4.69, 9.17) is 5.73 Å². The maximum atomic E-state index is 11.4. The van der Waals surface area contributed by atoms with Gasteiger partial charge in [0.1, 0.15) is 5.82 Å². The molecule has 0 amide bonds. The number of hydrogen-bond donors (Lipinski definition) is 2. The zero-order valence-corrected chi connectivity index (χ0v) is 12.6. The normalized spacial score (nSPS) is 20.5. The number of carbonyl (C=O) groups is 1. The summed E-state index contributed by atoms with van der Waals surface area (Å²) in [6.07, 6.45) is 1.23. The van der Waals surface area contributed by atoms with Crippen molar-refractivity contribution in [2.75, 3.05) is 24.7 Å². The summed E-state index contributed by atoms with van der Waals surface area (Å²) < 4.78 is 1.47. The second kappa shape index (κ2) is 5.32. The summed E-state index contributed by atoms with van der Waals surface area (Å²) in [7, 11) is 3.97. The number of benzene rings is 1. The van der Waals surface area contributed by atoms with Crippen LogP contribution in [0, 0.1) is 0 Å². The van der Waals surface area contributed by atoms with E-state index in [9.17, 15) is 9.90 Å². The average molecular weight is 301 g/mol. The Labute approximate surface area is 128 Å². The molecule has 1 aromatic heterocycles. The molecule has 0 aliphatic carbocycles. The molecule has 0 spiro atoms. The summed E-state index contributed by atoms with van der Waals surface area (Å²) in [6.45, 7) is 0. The van der Waals surface area contributed by atoms with E-state index < -0.39 is 12.0 Å². The Hall–Kier alpha value is -2.57. The van der Waals surface area contributed by atoms with Crippen LogP contribution in [0.1, 0.15) is 36.2 Å². The molecule has 2 unspecified atom stereocenters. The maximum Gasteiger partial charge on any atom is 0.328 e. The molecule has 116 valence electrons. The molecule has 2 atom stereocenters. The van der Waals surface area contributed by atoms with Crippen LogP contribution in [-0.4, -0.2) is 39.9 Å². The highest BCUT2D eigenvalue weighted by Gasteiger charge is 2.34. The Morgan fingerprint density at radius 3 is 2.86 bits per heavy atom. The number of carboxylic acids is 1. The standard InChI is InChI=1S/C15H19N5O2/c1-19(2)10-5-3-4-9(8-10)11-6-7-12(14(21)22)20-13(11)17-15(16)18-20/h3-5,8,11-12H,6-7H2,1-2H3,(H2,16,18)(H,21,22). The van der Waals surface area contributed by atoms with E-state index in [0.29, 0.717) is 18.7 Å². The van der Waals surface area contributed by atoms with E-state index in [1.165, 1.54) is 4.68 Å². The lowest BCUT2D eigenvalue weighted by molar-refractivity contribution is -0.141. The van der Waals surface area contributed by atoms with Gasteiger partial charge < -0.3 is 15.7 Å². The van der Waals surface area contributed by atoms with Crippen molar-refractivity contribution in [3.63, 3.8) is 0 Å². The number of carboxylic acid groups (broad SMARTS) is 1. The van der Waals surface area contributed by atoms with Crippen molar-refractivity contribution in [2.45, 2.75) is 24.8 Å². The Balaban J connectivity index is 2.04. The molecule has 1 aliphatic heterocycles. The Bertz CT molecular complexity index is 710. The van der Waals surface area contributed by atoms with E-state index in [1.54, 1.807) is 0 Å². The molecule has 3 rings (SSSR count). The molecule has 0 saturated heterocycles. The van der Waals surface area contributed by atoms with Gasteiger partial charge in [0.15, 0.2) is 6.04 Å². The summed E-state index contributed by atoms with van der Waals surface area (Å²) >= 11 is 0. The molecule has 0 radical (unpaired) electrons. The predicted octanol–water partition coefficient (Wildman–Crippen LogP) is 1.48. The van der Waals surface area contributed by atoms with E-state index in [1.807, 2.05) is 37.2 Å². The molecular formula is C15H19N5O2. The lowest BCUT2D eigenvalue weighted by Gasteiger charge is -2.27. The number of nitrogens with two attached hydrogens (primary N) is 1. The minimum Gasteiger partial charge on any atom is -0.480 e. The van der Waals surface area contributed by atoms with Gasteiger partial charge >= 0.3 is 5.97 Å². The van der Waals surface area contributed by atoms with Gasteiger partial charge in [0.05, 0.1) is 0 Å². The van der Waals surface area contributed by atoms with Crippen LogP contribution in [0.4, 0.5) is 11.6 Å². The number of aromatic nitrogens is 3. The Morgan fingerprint density at radius 2 is 2.18 bits per heavy atom. The number of fused-ring (bicyclic) bond motifs is 1. The lowest BCUT2D eigenvalue weighted by Crippen LogP contribution is -2.28. The smallest absolute Gasteiger partial charge is 0.328 e. The third-order valence-corrected chi connectivity index (χ3v) is 4.08. The minimum atomic E-state index is -0.897. The lowest BCUT2D eigenvalue weighted by atomic mass is 9.88. The van der Waals surface area contributed by atoms with Crippen molar-refractivity contribution in [1.82, 2.24) is 14.8 Å². The van der Waals surface area contributed by atoms with Crippen LogP contribution in [0.25, 0.3) is 0 Å². The fourth-order valence-electron chi connectivity index (χ4n) is 2.96. The fourth-order valence-corrected chi connectivity index (χ4v) is 2.96. The fraction of sp³-hybridized carbons (Fsp3) is 0.400. The second-order valence-corrected chi connectivity index (χ2v) is 5.75. The van der Waals surface area contributed by atoms with Crippen LogP contribution in [-0.2, 0) is 4.79 Å². The minimum absolute atomic E-state index is 0.0142. The van der Waals surface area contributed by atoms with Crippen LogP contribution in [0.3, 0.4) is 0 Å². The molecular weight excluding hydrogens is 282 g/mol. The van der Waals surface area contributed by atoms with Gasteiger partial charge in [-0.2, -0.15) is 4.98 Å². The van der Waals surface area contributed by atoms with Crippen LogP contribution in [0.5, 0.6) is 0 Å². The van der Waals surface area contributed by atoms with Crippen molar-refractivity contribution in [1.29, 1.82) is 0 Å². The first kappa shape index (κ1) is 14.4. The van der Waals surface area contributed by atoms with Crippen molar-refractivity contribution >= 4 is 17.6 Å². The van der Waals surface area contributed by atoms with Gasteiger partial charge in [0.2, 0.25) is 5.95 Å². The molecule has 0 fully saturated rings. The zero-order chi connectivity index (χ0) is 15.9. The number of anilines is 2. The Morgan fingerprint density at radius 1 is 1.41 bits per heavy atom. The third kappa shape index (κ3) is 2.38. The highest BCUT2D eigenvalue weighted by Crippen LogP contribution is 2.37. The van der Waals surface area contributed by atoms with Crippen molar-refractivity contribution in [2.24, 2.45) is 0 Å². The zero-order valence-electron chi connectivity index (χ0n) is 12.6. The van der Waals surface area contributed by atoms with Gasteiger partial charge in [0, 0.05) is 25.7 Å². The highest BCUT2D eigenvalue weighted by atomic mass is 16.4. The number of hydrogen-bond acceptors (Lipinski definition) is 5. The van der Waals surface area contributed by atoms with E-state index in [2.05, 4.69) is 16.1 Å². The molecule has 0 bridgehead atoms. The average Bonchev–Trinajstić information content (AvgIpc) is 2.87. The SMILES string of the molecule is CN(C)c1cccc(C2CCC(C(=O)O)n3nc(N)nc32)c1. The van der Waals surface area contributed by atoms with E-state index in [-0.39, 0.29) is 11.9 Å². The first-order valence-corrected chi connectivity index (χ1v) is 7.19. The molecule has 1 aliphatic rings. The topological polar surface area (TPSA) is 97.3 Å². The van der Waals surface area contributed by atoms with Crippen LogP contribution in [0.2, 0.25) is 0 Å². The maximum absolute atomic E-state index is 11.4. The summed E-state index contributed by atoms with van der Waals surface area (Å²) in [5.74, 6) is -0.129. The first-order valence-electron chi connectivity index (χ1n) is 7.19. The largest absolute Gasteiger partial charge is 0.480 e. The van der Waals surface area contributed by atoms with E-state index in [0.717, 1.165) is 11.3 Å². The van der Waals surface area contributed by atoms with Gasteiger partial charge in [-0.15, -0.1) is 5.10 Å². The number of nitrogen functional groups attached to an aromatic ring is 1. The van der Waals surface area contributed by atoms with Crippen LogP contribution >= 0.6 is 0 Å². The monoisotopic (exact) mass is 301 g/mol. The van der Waals surface area contributed by atoms with Crippen molar-refractivity contribution < 1.29 is 9.90 Å². The van der Waals surface area contributed by atoms with Crippen LogP contribution < -0.4 is 10.6 Å². The predicted molar refractivity (Wildman–Crippen MR) is 83.0 cm³/mol. The molecule has 3 N–H and O–H groups in total. The van der Waals surface area contributed by atoms with Gasteiger partial charge in [-0.05, 0) is 30.5 Å². The summed E-state index contributed by atoms with van der Waals surface area (Å²) in [4.78, 5) is 17.7. The summed E-state index contributed by atoms with van der Waals surface area (Å²) in [6, 6.07) is 7.48. The molecule has 1 aromatic carbocycles. The molecule has 22 heavy (non-hydrogen) atoms. The molecule has 7 heteroatoms. The van der Waals surface area contributed by atoms with Crippen LogP contribution in [0.15, 0.2) is 24.3 Å². The summed E-state index contributed by atoms with van der Waals surface area (Å²) in [5.41, 5.74) is 7.89.